The van der Waals surface area contributed by atoms with E-state index in [1.807, 2.05) is 0 Å². The third-order valence-electron chi connectivity index (χ3n) is 4.16. The maximum Gasteiger partial charge on any atom is 0.309 e. The van der Waals surface area contributed by atoms with E-state index in [2.05, 4.69) is 20.8 Å². The van der Waals surface area contributed by atoms with E-state index in [4.69, 9.17) is 4.74 Å². The van der Waals surface area contributed by atoms with Crippen molar-refractivity contribution >= 4 is 5.97 Å². The highest BCUT2D eigenvalue weighted by Crippen LogP contribution is 2.45. The quantitative estimate of drug-likeness (QED) is 0.602. The van der Waals surface area contributed by atoms with Gasteiger partial charge in [-0.15, -0.1) is 0 Å². The Morgan fingerprint density at radius 1 is 1.36 bits per heavy atom. The number of hydrogen-bond acceptors (Lipinski definition) is 2. The topological polar surface area (TPSA) is 26.3 Å². The fourth-order valence-corrected chi connectivity index (χ4v) is 3.16. The molecule has 0 N–H and O–H groups in total. The van der Waals surface area contributed by atoms with E-state index in [-0.39, 0.29) is 11.9 Å². The van der Waals surface area contributed by atoms with E-state index in [1.165, 1.54) is 12.8 Å². The summed E-state index contributed by atoms with van der Waals surface area (Å²) in [6.45, 7) is 7.39. The highest BCUT2D eigenvalue weighted by Gasteiger charge is 2.48. The van der Waals surface area contributed by atoms with E-state index in [1.54, 1.807) is 0 Å². The van der Waals surface area contributed by atoms with Crippen molar-refractivity contribution in [1.82, 2.24) is 0 Å². The third kappa shape index (κ3) is 1.45. The molecule has 1 saturated heterocycles. The minimum atomic E-state index is 0.0697. The van der Waals surface area contributed by atoms with Gasteiger partial charge >= 0.3 is 5.97 Å². The lowest BCUT2D eigenvalue weighted by Gasteiger charge is -2.37. The summed E-state index contributed by atoms with van der Waals surface area (Å²) in [5.74, 6) is 2.62. The van der Waals surface area contributed by atoms with Crippen LogP contribution in [0, 0.1) is 29.6 Å². The number of ether oxygens (including phenoxy) is 1. The number of carbonyl (C=O) groups excluding carboxylic acids is 1. The predicted octanol–water partition coefficient (Wildman–Crippen LogP) is 2.48. The number of carbonyl (C=O) groups is 1. The summed E-state index contributed by atoms with van der Waals surface area (Å²) < 4.78 is 5.21. The van der Waals surface area contributed by atoms with Gasteiger partial charge in [0, 0.05) is 5.92 Å². The van der Waals surface area contributed by atoms with Crippen LogP contribution in [0.5, 0.6) is 0 Å². The molecule has 1 heterocycles. The molecule has 0 aromatic rings. The van der Waals surface area contributed by atoms with Crippen molar-refractivity contribution in [2.75, 3.05) is 6.61 Å². The Balaban J connectivity index is 2.19. The molecule has 1 saturated carbocycles. The predicted molar refractivity (Wildman–Crippen MR) is 54.7 cm³/mol. The van der Waals surface area contributed by atoms with Gasteiger partial charge in [0.15, 0.2) is 0 Å². The summed E-state index contributed by atoms with van der Waals surface area (Å²) in [5.41, 5.74) is 0. The van der Waals surface area contributed by atoms with Crippen LogP contribution < -0.4 is 0 Å². The SMILES string of the molecule is CC(C)[C@H]1CC[C@H](C)[C@@H]2COC(=O)[C@@H]21. The molecule has 0 aromatic carbocycles. The van der Waals surface area contributed by atoms with Crippen molar-refractivity contribution in [3.8, 4) is 0 Å². The maximum absolute atomic E-state index is 11.6. The molecule has 1 aliphatic heterocycles. The zero-order chi connectivity index (χ0) is 10.3. The lowest BCUT2D eigenvalue weighted by molar-refractivity contribution is -0.143. The first-order valence-corrected chi connectivity index (χ1v) is 5.78. The summed E-state index contributed by atoms with van der Waals surface area (Å²) in [7, 11) is 0. The van der Waals surface area contributed by atoms with Crippen molar-refractivity contribution in [2.24, 2.45) is 29.6 Å². The maximum atomic E-state index is 11.6. The second-order valence-corrected chi connectivity index (χ2v) is 5.28. The van der Waals surface area contributed by atoms with Gasteiger partial charge in [0.1, 0.15) is 0 Å². The van der Waals surface area contributed by atoms with Crippen LogP contribution in [-0.4, -0.2) is 12.6 Å². The Labute approximate surface area is 86.0 Å². The lowest BCUT2D eigenvalue weighted by atomic mass is 9.65. The normalized spacial score (nSPS) is 42.4. The van der Waals surface area contributed by atoms with Crippen molar-refractivity contribution in [3.05, 3.63) is 0 Å². The monoisotopic (exact) mass is 196 g/mol. The molecule has 0 bridgehead atoms. The minimum Gasteiger partial charge on any atom is -0.465 e. The van der Waals surface area contributed by atoms with Crippen molar-refractivity contribution in [2.45, 2.75) is 33.6 Å². The van der Waals surface area contributed by atoms with E-state index < -0.39 is 0 Å². The van der Waals surface area contributed by atoms with Crippen LogP contribution >= 0.6 is 0 Å². The Morgan fingerprint density at radius 3 is 2.71 bits per heavy atom. The first-order chi connectivity index (χ1) is 6.61. The zero-order valence-corrected chi connectivity index (χ0v) is 9.32. The van der Waals surface area contributed by atoms with Crippen LogP contribution in [0.25, 0.3) is 0 Å². The molecule has 4 atom stereocenters. The first kappa shape index (κ1) is 10.0. The smallest absolute Gasteiger partial charge is 0.309 e. The lowest BCUT2D eigenvalue weighted by Crippen LogP contribution is -2.36. The molecule has 0 aromatic heterocycles. The molecule has 2 fully saturated rings. The first-order valence-electron chi connectivity index (χ1n) is 5.78. The fourth-order valence-electron chi connectivity index (χ4n) is 3.16. The largest absolute Gasteiger partial charge is 0.465 e. The fraction of sp³-hybridized carbons (Fsp3) is 0.917. The second-order valence-electron chi connectivity index (χ2n) is 5.28. The average Bonchev–Trinajstić information content (AvgIpc) is 2.50. The van der Waals surface area contributed by atoms with Crippen LogP contribution in [0.15, 0.2) is 0 Å². The van der Waals surface area contributed by atoms with Crippen LogP contribution in [0.2, 0.25) is 0 Å². The standard InChI is InChI=1S/C12H20O2/c1-7(2)9-5-4-8(3)10-6-14-12(13)11(9)10/h7-11H,4-6H2,1-3H3/t8-,9+,10-,11+/m0/s1. The van der Waals surface area contributed by atoms with E-state index >= 15 is 0 Å². The Hall–Kier alpha value is -0.530. The highest BCUT2D eigenvalue weighted by molar-refractivity contribution is 5.75. The number of cyclic esters (lactones) is 1. The number of rotatable bonds is 1. The molecule has 0 radical (unpaired) electrons. The average molecular weight is 196 g/mol. The van der Waals surface area contributed by atoms with E-state index in [9.17, 15) is 4.79 Å². The Kier molecular flexibility index (Phi) is 2.54. The van der Waals surface area contributed by atoms with Gasteiger partial charge in [-0.25, -0.2) is 0 Å². The molecule has 2 nitrogen and oxygen atoms in total. The molecule has 0 spiro atoms. The van der Waals surface area contributed by atoms with Crippen molar-refractivity contribution in [3.63, 3.8) is 0 Å². The van der Waals surface area contributed by atoms with Crippen LogP contribution in [0.1, 0.15) is 33.6 Å². The molecular weight excluding hydrogens is 176 g/mol. The zero-order valence-electron chi connectivity index (χ0n) is 9.32. The van der Waals surface area contributed by atoms with E-state index in [0.717, 1.165) is 0 Å². The molecule has 0 unspecified atom stereocenters. The minimum absolute atomic E-state index is 0.0697. The number of fused-ring (bicyclic) bond motifs is 1. The molecule has 0 amide bonds. The molecule has 2 aliphatic rings. The summed E-state index contributed by atoms with van der Waals surface area (Å²) >= 11 is 0. The molecule has 1 aliphatic carbocycles. The van der Waals surface area contributed by atoms with Crippen LogP contribution in [0.3, 0.4) is 0 Å². The molecule has 80 valence electrons. The Morgan fingerprint density at radius 2 is 2.07 bits per heavy atom. The van der Waals surface area contributed by atoms with Gasteiger partial charge < -0.3 is 4.74 Å². The van der Waals surface area contributed by atoms with Gasteiger partial charge in [-0.1, -0.05) is 20.8 Å². The summed E-state index contributed by atoms with van der Waals surface area (Å²) in [6.07, 6.45) is 2.47. The summed E-state index contributed by atoms with van der Waals surface area (Å²) in [6, 6.07) is 0. The van der Waals surface area contributed by atoms with Crippen LogP contribution in [0.4, 0.5) is 0 Å². The van der Waals surface area contributed by atoms with Gasteiger partial charge in [-0.3, -0.25) is 4.79 Å². The highest BCUT2D eigenvalue weighted by atomic mass is 16.5. The van der Waals surface area contributed by atoms with Gasteiger partial charge in [-0.2, -0.15) is 0 Å². The second kappa shape index (κ2) is 3.56. The molecule has 2 rings (SSSR count). The van der Waals surface area contributed by atoms with Gasteiger partial charge in [0.05, 0.1) is 12.5 Å². The molecule has 2 heteroatoms. The van der Waals surface area contributed by atoms with Crippen molar-refractivity contribution in [1.29, 1.82) is 0 Å². The summed E-state index contributed by atoms with van der Waals surface area (Å²) in [5, 5.41) is 0. The van der Waals surface area contributed by atoms with Gasteiger partial charge in [-0.05, 0) is 30.6 Å². The number of hydrogen-bond donors (Lipinski definition) is 0. The number of esters is 1. The summed E-state index contributed by atoms with van der Waals surface area (Å²) in [4.78, 5) is 11.6. The van der Waals surface area contributed by atoms with Crippen molar-refractivity contribution < 1.29 is 9.53 Å². The van der Waals surface area contributed by atoms with E-state index in [0.29, 0.717) is 30.3 Å². The molecule has 14 heavy (non-hydrogen) atoms. The van der Waals surface area contributed by atoms with Crippen LogP contribution in [-0.2, 0) is 9.53 Å². The third-order valence-corrected chi connectivity index (χ3v) is 4.16. The molecular formula is C12H20O2. The Bertz CT molecular complexity index is 234. The van der Waals surface area contributed by atoms with Gasteiger partial charge in [0.25, 0.3) is 0 Å². The van der Waals surface area contributed by atoms with Gasteiger partial charge in [0.2, 0.25) is 0 Å².